The van der Waals surface area contributed by atoms with E-state index in [9.17, 15) is 9.59 Å². The topological polar surface area (TPSA) is 73.9 Å². The second kappa shape index (κ2) is 18.3. The molecule has 7 heteroatoms. The molecule has 5 rings (SSSR count). The number of para-hydroxylation sites is 2. The van der Waals surface area contributed by atoms with Gasteiger partial charge in [-0.2, -0.15) is 0 Å². The van der Waals surface area contributed by atoms with Gasteiger partial charge in [-0.25, -0.2) is 0 Å². The number of carbonyl (C=O) groups excluding carboxylic acids is 2. The van der Waals surface area contributed by atoms with E-state index in [1.807, 2.05) is 25.1 Å². The molecule has 2 saturated heterocycles. The van der Waals surface area contributed by atoms with E-state index in [0.717, 1.165) is 44.6 Å². The number of benzene rings is 3. The summed E-state index contributed by atoms with van der Waals surface area (Å²) < 4.78 is 6.05. The highest BCUT2D eigenvalue weighted by Crippen LogP contribution is 2.34. The van der Waals surface area contributed by atoms with Gasteiger partial charge < -0.3 is 25.2 Å². The molecule has 0 bridgehead atoms. The van der Waals surface area contributed by atoms with E-state index in [1.165, 1.54) is 61.0 Å². The molecule has 7 nitrogen and oxygen atoms in total. The summed E-state index contributed by atoms with van der Waals surface area (Å²) in [6.07, 6.45) is 9.25. The molecule has 2 fully saturated rings. The van der Waals surface area contributed by atoms with Crippen molar-refractivity contribution >= 4 is 23.2 Å². The Kier molecular flexibility index (Phi) is 13.6. The van der Waals surface area contributed by atoms with E-state index >= 15 is 0 Å². The van der Waals surface area contributed by atoms with Crippen LogP contribution in [0.5, 0.6) is 5.75 Å². The molecule has 0 radical (unpaired) electrons. The molecule has 0 aliphatic carbocycles. The number of nitrogens with zero attached hydrogens (tertiary/aromatic N) is 2. The predicted octanol–water partition coefficient (Wildman–Crippen LogP) is 9.03. The fourth-order valence-electron chi connectivity index (χ4n) is 7.69. The molecule has 3 aromatic rings. The fourth-order valence-corrected chi connectivity index (χ4v) is 7.69. The van der Waals surface area contributed by atoms with Crippen LogP contribution in [0.15, 0.2) is 66.7 Å². The smallest absolute Gasteiger partial charge is 0.255 e. The highest BCUT2D eigenvalue weighted by atomic mass is 16.5. The Labute approximate surface area is 301 Å². The SMILES string of the molecule is CCOc1cc(CC(=O)N[C@@H](CC(C)C)c2ccccc2N2CCCCC2)ccc1C(=O)N[C@@H](CC(C)C)c1ccccc1N1CCCCC1. The summed E-state index contributed by atoms with van der Waals surface area (Å²) in [5, 5.41) is 6.77. The predicted molar refractivity (Wildman–Crippen MR) is 206 cm³/mol. The van der Waals surface area contributed by atoms with Crippen LogP contribution in [0.1, 0.15) is 125 Å². The van der Waals surface area contributed by atoms with Gasteiger partial charge in [0.25, 0.3) is 5.91 Å². The number of ether oxygens (including phenoxy) is 1. The Morgan fingerprint density at radius 2 is 1.18 bits per heavy atom. The van der Waals surface area contributed by atoms with Crippen molar-refractivity contribution in [3.05, 3.63) is 89.0 Å². The van der Waals surface area contributed by atoms with Gasteiger partial charge in [0.15, 0.2) is 0 Å². The zero-order chi connectivity index (χ0) is 35.5. The van der Waals surface area contributed by atoms with Gasteiger partial charge in [-0.05, 0) is 111 Å². The Morgan fingerprint density at radius 3 is 1.68 bits per heavy atom. The van der Waals surface area contributed by atoms with Gasteiger partial charge in [-0.3, -0.25) is 9.59 Å². The molecule has 3 aromatic carbocycles. The third-order valence-electron chi connectivity index (χ3n) is 10.0. The normalized spacial score (nSPS) is 16.3. The number of piperidine rings is 2. The Hall–Kier alpha value is -4.00. The Morgan fingerprint density at radius 1 is 0.680 bits per heavy atom. The molecule has 0 saturated carbocycles. The summed E-state index contributed by atoms with van der Waals surface area (Å²) in [5.41, 5.74) is 6.13. The lowest BCUT2D eigenvalue weighted by atomic mass is 9.94. The zero-order valence-electron chi connectivity index (χ0n) is 31.2. The van der Waals surface area contributed by atoms with Crippen molar-refractivity contribution < 1.29 is 14.3 Å². The second-order valence-electron chi connectivity index (χ2n) is 15.1. The molecular weight excluding hydrogens is 620 g/mol. The molecule has 2 atom stereocenters. The molecule has 2 amide bonds. The van der Waals surface area contributed by atoms with Crippen LogP contribution in [0, 0.1) is 11.8 Å². The minimum atomic E-state index is -0.158. The zero-order valence-corrected chi connectivity index (χ0v) is 31.2. The van der Waals surface area contributed by atoms with Crippen LogP contribution in [0.3, 0.4) is 0 Å². The first-order chi connectivity index (χ1) is 24.2. The average molecular weight is 681 g/mol. The lowest BCUT2D eigenvalue weighted by molar-refractivity contribution is -0.121. The van der Waals surface area contributed by atoms with E-state index in [4.69, 9.17) is 4.74 Å². The third-order valence-corrected chi connectivity index (χ3v) is 10.0. The highest BCUT2D eigenvalue weighted by molar-refractivity contribution is 5.97. The maximum atomic E-state index is 14.0. The van der Waals surface area contributed by atoms with Crippen LogP contribution < -0.4 is 25.2 Å². The standard InChI is InChI=1S/C43H60N4O3/c1-6-50-41-29-33(30-42(48)44-37(27-31(2)3)34-17-9-11-19-39(34)46-23-13-7-14-24-46)21-22-36(41)43(49)45-38(28-32(4)5)35-18-10-12-20-40(35)47-25-15-8-16-26-47/h9-12,17-22,29,31-32,37-38H,6-8,13-16,23-28,30H2,1-5H3,(H,44,48)(H,45,49)/t37-,38-/m0/s1. The van der Waals surface area contributed by atoms with E-state index in [-0.39, 0.29) is 30.3 Å². The second-order valence-corrected chi connectivity index (χ2v) is 15.1. The first-order valence-electron chi connectivity index (χ1n) is 19.3. The summed E-state index contributed by atoms with van der Waals surface area (Å²) in [4.78, 5) is 32.6. The van der Waals surface area contributed by atoms with E-state index < -0.39 is 0 Å². The maximum Gasteiger partial charge on any atom is 0.255 e. The number of carbonyl (C=O) groups is 2. The summed E-state index contributed by atoms with van der Waals surface area (Å²) in [5.74, 6) is 1.14. The van der Waals surface area contributed by atoms with E-state index in [0.29, 0.717) is 29.8 Å². The van der Waals surface area contributed by atoms with Gasteiger partial charge in [-0.1, -0.05) is 70.2 Å². The van der Waals surface area contributed by atoms with E-state index in [1.54, 1.807) is 0 Å². The lowest BCUT2D eigenvalue weighted by Crippen LogP contribution is -2.34. The van der Waals surface area contributed by atoms with Crippen LogP contribution >= 0.6 is 0 Å². The minimum absolute atomic E-state index is 0.0323. The first-order valence-corrected chi connectivity index (χ1v) is 19.3. The van der Waals surface area contributed by atoms with Gasteiger partial charge in [0, 0.05) is 37.6 Å². The van der Waals surface area contributed by atoms with Crippen molar-refractivity contribution in [2.24, 2.45) is 11.8 Å². The minimum Gasteiger partial charge on any atom is -0.493 e. The molecule has 2 N–H and O–H groups in total. The van der Waals surface area contributed by atoms with Crippen molar-refractivity contribution in [2.45, 2.75) is 104 Å². The molecule has 50 heavy (non-hydrogen) atoms. The molecular formula is C43H60N4O3. The van der Waals surface area contributed by atoms with Crippen LogP contribution in [0.25, 0.3) is 0 Å². The maximum absolute atomic E-state index is 14.0. The van der Waals surface area contributed by atoms with Crippen LogP contribution in [0.2, 0.25) is 0 Å². The van der Waals surface area contributed by atoms with Crippen molar-refractivity contribution in [1.29, 1.82) is 0 Å². The first kappa shape index (κ1) is 37.3. The number of rotatable bonds is 15. The number of amides is 2. The number of anilines is 2. The molecule has 2 aliphatic rings. The van der Waals surface area contributed by atoms with Gasteiger partial charge in [0.2, 0.25) is 5.91 Å². The quantitative estimate of drug-likeness (QED) is 0.168. The van der Waals surface area contributed by atoms with Gasteiger partial charge in [0.1, 0.15) is 5.75 Å². The summed E-state index contributed by atoms with van der Waals surface area (Å²) in [7, 11) is 0. The van der Waals surface area contributed by atoms with Crippen molar-refractivity contribution in [3.8, 4) is 5.75 Å². The Balaban J connectivity index is 1.33. The van der Waals surface area contributed by atoms with Crippen molar-refractivity contribution in [2.75, 3.05) is 42.6 Å². The molecule has 0 aromatic heterocycles. The van der Waals surface area contributed by atoms with Gasteiger partial charge >= 0.3 is 0 Å². The molecule has 0 spiro atoms. The van der Waals surface area contributed by atoms with Crippen molar-refractivity contribution in [1.82, 2.24) is 10.6 Å². The van der Waals surface area contributed by atoms with Crippen LogP contribution in [-0.4, -0.2) is 44.6 Å². The Bertz CT molecular complexity index is 1540. The molecule has 270 valence electrons. The average Bonchev–Trinajstić information content (AvgIpc) is 3.11. The van der Waals surface area contributed by atoms with Gasteiger partial charge in [-0.15, -0.1) is 0 Å². The molecule has 2 aliphatic heterocycles. The fraction of sp³-hybridized carbons (Fsp3) is 0.535. The number of nitrogens with one attached hydrogen (secondary N) is 2. The summed E-state index contributed by atoms with van der Waals surface area (Å²) >= 11 is 0. The van der Waals surface area contributed by atoms with Crippen molar-refractivity contribution in [3.63, 3.8) is 0 Å². The number of hydrogen-bond acceptors (Lipinski definition) is 5. The van der Waals surface area contributed by atoms with E-state index in [2.05, 4.69) is 96.7 Å². The van der Waals surface area contributed by atoms with Crippen LogP contribution in [-0.2, 0) is 11.2 Å². The van der Waals surface area contributed by atoms with Gasteiger partial charge in [0.05, 0.1) is 30.7 Å². The third kappa shape index (κ3) is 10.0. The summed E-state index contributed by atoms with van der Waals surface area (Å²) in [6.45, 7) is 15.4. The number of hydrogen-bond donors (Lipinski definition) is 2. The molecule has 2 heterocycles. The van der Waals surface area contributed by atoms with Crippen LogP contribution in [0.4, 0.5) is 11.4 Å². The summed E-state index contributed by atoms with van der Waals surface area (Å²) in [6, 6.07) is 22.5. The lowest BCUT2D eigenvalue weighted by Gasteiger charge is -2.33. The molecule has 0 unspecified atom stereocenters. The largest absolute Gasteiger partial charge is 0.493 e. The highest BCUT2D eigenvalue weighted by Gasteiger charge is 2.26. The monoisotopic (exact) mass is 680 g/mol.